The molecule has 0 radical (unpaired) electrons. The number of ether oxygens (including phenoxy) is 2. The van der Waals surface area contributed by atoms with Crippen molar-refractivity contribution in [2.75, 3.05) is 19.8 Å². The molecule has 1 saturated heterocycles. The van der Waals surface area contributed by atoms with Crippen molar-refractivity contribution in [3.63, 3.8) is 0 Å². The molecule has 1 saturated carbocycles. The van der Waals surface area contributed by atoms with Gasteiger partial charge in [0.2, 0.25) is 0 Å². The smallest absolute Gasteiger partial charge is 0.118 e. The molecule has 2 aromatic rings. The number of hydrogen-bond acceptors (Lipinski definition) is 6. The maximum absolute atomic E-state index is 6.12. The molecule has 5 nitrogen and oxygen atoms in total. The minimum atomic E-state index is 0.291. The Balaban J connectivity index is 1.32. The lowest BCUT2D eigenvalue weighted by Crippen LogP contribution is -2.50. The molecule has 2 aromatic heterocycles. The van der Waals surface area contributed by atoms with Crippen molar-refractivity contribution in [1.29, 1.82) is 0 Å². The minimum absolute atomic E-state index is 0.291. The van der Waals surface area contributed by atoms with E-state index in [0.29, 0.717) is 24.7 Å². The van der Waals surface area contributed by atoms with Crippen LogP contribution in [-0.4, -0.2) is 46.8 Å². The highest BCUT2D eigenvalue weighted by Gasteiger charge is 2.42. The number of nitrogens with zero attached hydrogens (tertiary/aromatic N) is 3. The monoisotopic (exact) mass is 345 g/mol. The first-order valence-corrected chi connectivity index (χ1v) is 9.50. The Morgan fingerprint density at radius 1 is 1.25 bits per heavy atom. The van der Waals surface area contributed by atoms with Crippen molar-refractivity contribution in [2.24, 2.45) is 5.92 Å². The minimum Gasteiger partial charge on any atom is -0.375 e. The predicted octanol–water partition coefficient (Wildman–Crippen LogP) is 2.73. The van der Waals surface area contributed by atoms with Gasteiger partial charge in [0.05, 0.1) is 31.6 Å². The zero-order valence-corrected chi connectivity index (χ0v) is 14.5. The molecule has 0 N–H and O–H groups in total. The van der Waals surface area contributed by atoms with Crippen LogP contribution in [0.2, 0.25) is 0 Å². The Morgan fingerprint density at radius 2 is 2.25 bits per heavy atom. The fraction of sp³-hybridized carbons (Fsp3) is 0.556. The molecule has 2 aliphatic rings. The summed E-state index contributed by atoms with van der Waals surface area (Å²) < 4.78 is 12.0. The lowest BCUT2D eigenvalue weighted by Gasteiger charge is -2.39. The van der Waals surface area contributed by atoms with Crippen LogP contribution in [-0.2, 0) is 22.6 Å². The first-order valence-electron chi connectivity index (χ1n) is 8.62. The zero-order chi connectivity index (χ0) is 16.2. The maximum atomic E-state index is 6.12. The van der Waals surface area contributed by atoms with Crippen LogP contribution in [0, 0.1) is 5.92 Å². The van der Waals surface area contributed by atoms with Crippen LogP contribution in [0.5, 0.6) is 0 Å². The van der Waals surface area contributed by atoms with E-state index in [1.165, 1.54) is 12.8 Å². The molecule has 24 heavy (non-hydrogen) atoms. The fourth-order valence-corrected chi connectivity index (χ4v) is 4.38. The number of morpholine rings is 1. The van der Waals surface area contributed by atoms with E-state index >= 15 is 0 Å². The molecule has 0 bridgehead atoms. The Morgan fingerprint density at radius 3 is 3.08 bits per heavy atom. The molecular formula is C18H23N3O2S. The third kappa shape index (κ3) is 3.67. The number of rotatable bonds is 6. The third-order valence-corrected chi connectivity index (χ3v) is 5.72. The zero-order valence-electron chi connectivity index (χ0n) is 13.7. The van der Waals surface area contributed by atoms with Gasteiger partial charge in [-0.05, 0) is 25.0 Å². The van der Waals surface area contributed by atoms with Crippen molar-refractivity contribution in [3.05, 3.63) is 46.7 Å². The molecule has 4 rings (SSSR count). The molecule has 1 aliphatic heterocycles. The van der Waals surface area contributed by atoms with Crippen molar-refractivity contribution in [3.8, 4) is 0 Å². The van der Waals surface area contributed by atoms with E-state index in [1.54, 1.807) is 11.3 Å². The van der Waals surface area contributed by atoms with Crippen LogP contribution in [0.1, 0.15) is 23.5 Å². The summed E-state index contributed by atoms with van der Waals surface area (Å²) in [5, 5.41) is 3.04. The summed E-state index contributed by atoms with van der Waals surface area (Å²) in [5.41, 5.74) is 1.14. The van der Waals surface area contributed by atoms with E-state index in [2.05, 4.69) is 27.0 Å². The predicted molar refractivity (Wildman–Crippen MR) is 92.7 cm³/mol. The summed E-state index contributed by atoms with van der Waals surface area (Å²) in [6, 6.07) is 6.63. The van der Waals surface area contributed by atoms with Gasteiger partial charge in [-0.2, -0.15) is 0 Å². The Kier molecular flexibility index (Phi) is 5.18. The van der Waals surface area contributed by atoms with E-state index < -0.39 is 0 Å². The quantitative estimate of drug-likeness (QED) is 0.806. The summed E-state index contributed by atoms with van der Waals surface area (Å²) in [7, 11) is 0. The van der Waals surface area contributed by atoms with Crippen LogP contribution in [0.3, 0.4) is 0 Å². The number of thiazole rings is 1. The Labute approximate surface area is 146 Å². The van der Waals surface area contributed by atoms with Gasteiger partial charge in [0, 0.05) is 42.8 Å². The van der Waals surface area contributed by atoms with Gasteiger partial charge in [-0.25, -0.2) is 4.98 Å². The topological polar surface area (TPSA) is 47.5 Å². The fourth-order valence-electron chi connectivity index (χ4n) is 3.83. The van der Waals surface area contributed by atoms with E-state index in [4.69, 9.17) is 9.47 Å². The second kappa shape index (κ2) is 7.70. The summed E-state index contributed by atoms with van der Waals surface area (Å²) in [4.78, 5) is 11.3. The Hall–Kier alpha value is -1.34. The highest BCUT2D eigenvalue weighted by Crippen LogP contribution is 2.35. The highest BCUT2D eigenvalue weighted by atomic mass is 32.1. The molecule has 0 unspecified atom stereocenters. The van der Waals surface area contributed by atoms with Gasteiger partial charge in [-0.3, -0.25) is 9.88 Å². The normalized spacial score (nSPS) is 27.2. The van der Waals surface area contributed by atoms with E-state index in [1.807, 2.05) is 23.8 Å². The number of pyridine rings is 1. The Bertz CT molecular complexity index is 622. The second-order valence-corrected chi connectivity index (χ2v) is 7.45. The molecule has 0 spiro atoms. The van der Waals surface area contributed by atoms with Crippen LogP contribution in [0.25, 0.3) is 0 Å². The van der Waals surface area contributed by atoms with Crippen molar-refractivity contribution in [2.45, 2.75) is 38.1 Å². The van der Waals surface area contributed by atoms with Gasteiger partial charge in [0.25, 0.3) is 0 Å². The van der Waals surface area contributed by atoms with E-state index in [-0.39, 0.29) is 0 Å². The molecule has 3 heterocycles. The van der Waals surface area contributed by atoms with E-state index in [0.717, 1.165) is 37.0 Å². The van der Waals surface area contributed by atoms with Gasteiger partial charge in [-0.1, -0.05) is 6.07 Å². The molecule has 6 heteroatoms. The van der Waals surface area contributed by atoms with Crippen molar-refractivity contribution < 1.29 is 9.47 Å². The van der Waals surface area contributed by atoms with Crippen LogP contribution < -0.4 is 0 Å². The molecule has 3 atom stereocenters. The molecule has 128 valence electrons. The summed E-state index contributed by atoms with van der Waals surface area (Å²) in [5.74, 6) is 0.487. The molecule has 1 aliphatic carbocycles. The van der Waals surface area contributed by atoms with Crippen LogP contribution in [0.4, 0.5) is 0 Å². The van der Waals surface area contributed by atoms with Crippen LogP contribution >= 0.6 is 11.3 Å². The lowest BCUT2D eigenvalue weighted by atomic mass is 10.0. The summed E-state index contributed by atoms with van der Waals surface area (Å²) >= 11 is 1.65. The first kappa shape index (κ1) is 16.1. The number of fused-ring (bicyclic) bond motifs is 1. The SMILES string of the molecule is c1ccc(CN2CCO[C@@H]3[C@@H](COCc4nccs4)CC[C@H]32)nc1. The van der Waals surface area contributed by atoms with Crippen molar-refractivity contribution in [1.82, 2.24) is 14.9 Å². The molecule has 2 fully saturated rings. The third-order valence-electron chi connectivity index (χ3n) is 4.97. The largest absolute Gasteiger partial charge is 0.375 e. The van der Waals surface area contributed by atoms with Crippen LogP contribution in [0.15, 0.2) is 36.0 Å². The average Bonchev–Trinajstić information content (AvgIpc) is 3.27. The first-order chi connectivity index (χ1) is 11.9. The van der Waals surface area contributed by atoms with E-state index in [9.17, 15) is 0 Å². The molecule has 0 aromatic carbocycles. The number of aromatic nitrogens is 2. The number of hydrogen-bond donors (Lipinski definition) is 0. The van der Waals surface area contributed by atoms with Gasteiger partial charge in [0.15, 0.2) is 0 Å². The van der Waals surface area contributed by atoms with Gasteiger partial charge < -0.3 is 9.47 Å². The maximum Gasteiger partial charge on any atom is 0.118 e. The lowest BCUT2D eigenvalue weighted by molar-refractivity contribution is -0.0894. The van der Waals surface area contributed by atoms with Gasteiger partial charge in [0.1, 0.15) is 5.01 Å². The van der Waals surface area contributed by atoms with Gasteiger partial charge >= 0.3 is 0 Å². The van der Waals surface area contributed by atoms with Gasteiger partial charge in [-0.15, -0.1) is 11.3 Å². The molecule has 0 amide bonds. The second-order valence-electron chi connectivity index (χ2n) is 6.47. The highest BCUT2D eigenvalue weighted by molar-refractivity contribution is 7.09. The standard InChI is InChI=1S/C18H23N3O2S/c1-2-6-19-15(3-1)11-21-8-9-23-18-14(4-5-16(18)21)12-22-13-17-20-7-10-24-17/h1-3,6-7,10,14,16,18H,4-5,8-9,11-13H2/t14-,16-,18-/m1/s1. The van der Waals surface area contributed by atoms with Crippen molar-refractivity contribution >= 4 is 11.3 Å². The summed E-state index contributed by atoms with van der Waals surface area (Å²) in [6.07, 6.45) is 6.35. The average molecular weight is 345 g/mol. The summed E-state index contributed by atoms with van der Waals surface area (Å²) in [6.45, 7) is 4.08. The molecular weight excluding hydrogens is 322 g/mol.